The third-order valence-corrected chi connectivity index (χ3v) is 8.39. The number of hydrogen-bond acceptors (Lipinski definition) is 9. The van der Waals surface area contributed by atoms with Crippen molar-refractivity contribution in [3.8, 4) is 45.6 Å². The fourth-order valence-corrected chi connectivity index (χ4v) is 6.32. The number of aliphatic hydroxyl groups excluding tert-OH is 1. The van der Waals surface area contributed by atoms with Gasteiger partial charge in [-0.2, -0.15) is 0 Å². The van der Waals surface area contributed by atoms with Crippen LogP contribution in [-0.2, 0) is 29.1 Å². The minimum atomic E-state index is -1.05. The molecular formula is C32H34O9. The molecule has 9 heteroatoms. The molecule has 0 saturated heterocycles. The Kier molecular flexibility index (Phi) is 6.76. The molecule has 9 nitrogen and oxygen atoms in total. The summed E-state index contributed by atoms with van der Waals surface area (Å²) in [5, 5.41) is 37.2. The number of aromatic hydroxyl groups is 2. The van der Waals surface area contributed by atoms with Gasteiger partial charge in [0.15, 0.2) is 0 Å². The van der Waals surface area contributed by atoms with Gasteiger partial charge in [-0.15, -0.1) is 0 Å². The fourth-order valence-electron chi connectivity index (χ4n) is 6.32. The number of rotatable bonds is 5. The fraction of sp³-hybridized carbons (Fsp3) is 0.375. The molecule has 0 aliphatic carbocycles. The number of fused-ring (bicyclic) bond motifs is 4. The highest BCUT2D eigenvalue weighted by molar-refractivity contribution is 6.15. The van der Waals surface area contributed by atoms with Gasteiger partial charge in [0.2, 0.25) is 0 Å². The first-order chi connectivity index (χ1) is 19.7. The van der Waals surface area contributed by atoms with Crippen LogP contribution in [0.15, 0.2) is 24.3 Å². The van der Waals surface area contributed by atoms with Crippen molar-refractivity contribution in [2.75, 3.05) is 28.4 Å². The van der Waals surface area contributed by atoms with Crippen LogP contribution >= 0.6 is 0 Å². The van der Waals surface area contributed by atoms with Crippen molar-refractivity contribution in [2.45, 2.75) is 51.8 Å². The minimum Gasteiger partial charge on any atom is -0.507 e. The molecule has 3 atom stereocenters. The monoisotopic (exact) mass is 562 g/mol. The Balaban J connectivity index is 1.92. The van der Waals surface area contributed by atoms with Crippen LogP contribution in [0.4, 0.5) is 0 Å². The molecular weight excluding hydrogens is 528 g/mol. The first kappa shape index (κ1) is 27.3. The van der Waals surface area contributed by atoms with Gasteiger partial charge >= 0.3 is 0 Å². The second-order valence-corrected chi connectivity index (χ2v) is 10.6. The maximum absolute atomic E-state index is 11.7. The third kappa shape index (κ3) is 4.02. The molecule has 6 rings (SSSR count). The quantitative estimate of drug-likeness (QED) is 0.289. The van der Waals surface area contributed by atoms with Crippen molar-refractivity contribution in [3.63, 3.8) is 0 Å². The zero-order valence-electron chi connectivity index (χ0n) is 24.0. The number of methoxy groups -OCH3 is 4. The van der Waals surface area contributed by atoms with Gasteiger partial charge < -0.3 is 43.7 Å². The van der Waals surface area contributed by atoms with E-state index in [0.717, 1.165) is 11.1 Å². The molecule has 2 aliphatic rings. The third-order valence-electron chi connectivity index (χ3n) is 8.39. The van der Waals surface area contributed by atoms with Gasteiger partial charge in [0.1, 0.15) is 40.6 Å². The summed E-state index contributed by atoms with van der Waals surface area (Å²) < 4.78 is 34.7. The molecule has 216 valence electrons. The summed E-state index contributed by atoms with van der Waals surface area (Å²) in [5.74, 6) is 1.97. The Bertz CT molecular complexity index is 1690. The van der Waals surface area contributed by atoms with Crippen molar-refractivity contribution < 1.29 is 43.7 Å². The van der Waals surface area contributed by atoms with E-state index in [0.29, 0.717) is 73.2 Å². The lowest BCUT2D eigenvalue weighted by atomic mass is 9.78. The second-order valence-electron chi connectivity index (χ2n) is 10.6. The van der Waals surface area contributed by atoms with E-state index in [1.165, 1.54) is 7.11 Å². The van der Waals surface area contributed by atoms with Crippen molar-refractivity contribution in [1.29, 1.82) is 0 Å². The molecule has 0 amide bonds. The molecule has 0 aromatic heterocycles. The van der Waals surface area contributed by atoms with Crippen molar-refractivity contribution in [1.82, 2.24) is 0 Å². The Labute approximate surface area is 237 Å². The summed E-state index contributed by atoms with van der Waals surface area (Å²) in [5.41, 5.74) is 4.04. The van der Waals surface area contributed by atoms with Crippen LogP contribution in [0.1, 0.15) is 42.2 Å². The van der Waals surface area contributed by atoms with Gasteiger partial charge in [0.25, 0.3) is 0 Å². The van der Waals surface area contributed by atoms with E-state index in [2.05, 4.69) is 0 Å². The maximum atomic E-state index is 11.7. The lowest BCUT2D eigenvalue weighted by Gasteiger charge is -2.34. The number of ether oxygens (including phenoxy) is 6. The van der Waals surface area contributed by atoms with Gasteiger partial charge in [-0.3, -0.25) is 0 Å². The zero-order valence-corrected chi connectivity index (χ0v) is 24.0. The molecule has 4 aromatic carbocycles. The largest absolute Gasteiger partial charge is 0.507 e. The van der Waals surface area contributed by atoms with Gasteiger partial charge in [-0.25, -0.2) is 0 Å². The highest BCUT2D eigenvalue weighted by Crippen LogP contribution is 2.55. The summed E-state index contributed by atoms with van der Waals surface area (Å²) in [6.45, 7) is 4.09. The van der Waals surface area contributed by atoms with E-state index in [-0.39, 0.29) is 30.8 Å². The van der Waals surface area contributed by atoms with Gasteiger partial charge in [-0.1, -0.05) is 0 Å². The highest BCUT2D eigenvalue weighted by atomic mass is 16.5. The van der Waals surface area contributed by atoms with E-state index in [4.69, 9.17) is 28.4 Å². The van der Waals surface area contributed by atoms with Crippen LogP contribution < -0.4 is 18.9 Å². The molecule has 2 aliphatic heterocycles. The van der Waals surface area contributed by atoms with Crippen molar-refractivity contribution in [3.05, 3.63) is 46.5 Å². The molecule has 0 radical (unpaired) electrons. The van der Waals surface area contributed by atoms with Gasteiger partial charge in [-0.05, 0) is 49.1 Å². The summed E-state index contributed by atoms with van der Waals surface area (Å²) in [4.78, 5) is 0. The molecule has 0 saturated carbocycles. The molecule has 0 spiro atoms. The molecule has 3 N–H and O–H groups in total. The Morgan fingerprint density at radius 2 is 1.22 bits per heavy atom. The average molecular weight is 563 g/mol. The average Bonchev–Trinajstić information content (AvgIpc) is 2.98. The second kappa shape index (κ2) is 10.2. The Hall–Kier alpha value is -3.92. The van der Waals surface area contributed by atoms with Crippen LogP contribution in [-0.4, -0.2) is 56.0 Å². The number of phenolic OH excluding ortho intramolecular Hbond substituents is 2. The van der Waals surface area contributed by atoms with Crippen molar-refractivity contribution in [2.24, 2.45) is 0 Å². The first-order valence-electron chi connectivity index (χ1n) is 13.5. The molecule has 0 unspecified atom stereocenters. The van der Waals surface area contributed by atoms with Crippen LogP contribution in [0.3, 0.4) is 0 Å². The van der Waals surface area contributed by atoms with Crippen LogP contribution in [0, 0.1) is 0 Å². The zero-order chi connectivity index (χ0) is 29.2. The van der Waals surface area contributed by atoms with E-state index in [1.807, 2.05) is 19.1 Å². The lowest BCUT2D eigenvalue weighted by molar-refractivity contribution is -0.0527. The SMILES string of the molecule is COc1cc(OC)c2c(O)c3c(c(-c4c5c(c(O)c6c(OC)cc(OC)cc46)CO[C@@H](C)[C@@H]5O)c2c1)C[C@@H](C)OC3. The summed E-state index contributed by atoms with van der Waals surface area (Å²) >= 11 is 0. The predicted octanol–water partition coefficient (Wildman–Crippen LogP) is 5.52. The number of benzene rings is 4. The van der Waals surface area contributed by atoms with Crippen LogP contribution in [0.2, 0.25) is 0 Å². The van der Waals surface area contributed by atoms with Crippen molar-refractivity contribution >= 4 is 21.5 Å². The summed E-state index contributed by atoms with van der Waals surface area (Å²) in [6.07, 6.45) is -1.20. The Morgan fingerprint density at radius 3 is 1.78 bits per heavy atom. The summed E-state index contributed by atoms with van der Waals surface area (Å²) in [7, 11) is 6.22. The molecule has 0 bridgehead atoms. The normalized spacial score (nSPS) is 20.0. The van der Waals surface area contributed by atoms with E-state index < -0.39 is 12.2 Å². The molecule has 4 aromatic rings. The topological polar surface area (TPSA) is 116 Å². The van der Waals surface area contributed by atoms with Gasteiger partial charge in [0, 0.05) is 39.6 Å². The number of aliphatic hydroxyl groups is 1. The first-order valence-corrected chi connectivity index (χ1v) is 13.5. The minimum absolute atomic E-state index is 0.0204. The Morgan fingerprint density at radius 1 is 0.683 bits per heavy atom. The van der Waals surface area contributed by atoms with Crippen LogP contribution in [0.5, 0.6) is 34.5 Å². The van der Waals surface area contributed by atoms with Gasteiger partial charge in [0.05, 0.1) is 64.6 Å². The molecule has 2 heterocycles. The standard InChI is InChI=1S/C32H34O9/c1-14-7-18-21(12-40-14)31(34)26-19(8-16(36-3)10-23(26)38-5)25(18)28-20-9-17(37-4)11-24(39-6)27(20)32(35)22-13-41-15(2)30(33)29(22)28/h8-11,14-15,30,33-35H,7,12-13H2,1-6H3/t14-,15+,30+/m1/s1. The smallest absolute Gasteiger partial charge is 0.134 e. The number of phenols is 2. The molecule has 41 heavy (non-hydrogen) atoms. The van der Waals surface area contributed by atoms with E-state index in [1.54, 1.807) is 40.4 Å². The van der Waals surface area contributed by atoms with E-state index in [9.17, 15) is 15.3 Å². The highest BCUT2D eigenvalue weighted by Gasteiger charge is 2.37. The predicted molar refractivity (Wildman–Crippen MR) is 154 cm³/mol. The summed E-state index contributed by atoms with van der Waals surface area (Å²) in [6, 6.07) is 7.15. The maximum Gasteiger partial charge on any atom is 0.134 e. The number of hydrogen-bond donors (Lipinski definition) is 3. The van der Waals surface area contributed by atoms with E-state index >= 15 is 0 Å². The lowest BCUT2D eigenvalue weighted by Crippen LogP contribution is -2.27. The molecule has 0 fully saturated rings. The van der Waals surface area contributed by atoms with Crippen LogP contribution in [0.25, 0.3) is 32.7 Å².